The second kappa shape index (κ2) is 11.4. The molecule has 0 aliphatic heterocycles. The summed E-state index contributed by atoms with van der Waals surface area (Å²) in [4.78, 5) is 15.2. The highest BCUT2D eigenvalue weighted by Gasteiger charge is 2.20. The molecule has 3 heterocycles. The van der Waals surface area contributed by atoms with Crippen molar-refractivity contribution in [3.63, 3.8) is 0 Å². The minimum absolute atomic E-state index is 0.632. The zero-order valence-electron chi connectivity index (χ0n) is 26.9. The molecule has 0 spiro atoms. The Morgan fingerprint density at radius 1 is 0.380 bits per heavy atom. The molecule has 234 valence electrons. The summed E-state index contributed by atoms with van der Waals surface area (Å²) in [5.74, 6) is 1.91. The fourth-order valence-electron chi connectivity index (χ4n) is 7.13. The van der Waals surface area contributed by atoms with Crippen LogP contribution in [0, 0.1) is 0 Å². The standard InChI is InChI=1S/C45H28N4O/c1-4-13-29(14-5-1)43-46-44(30-15-6-2-7-16-30)48-45(47-43)35-20-12-21-39-42(35)37-28-31(23-25-38(37)49(39)33-17-8-3-9-18-33)32-24-26-41-36(27-32)34-19-10-11-22-40(34)50-41/h1-28H. The summed E-state index contributed by atoms with van der Waals surface area (Å²) in [7, 11) is 0. The van der Waals surface area contributed by atoms with Crippen LogP contribution in [0.2, 0.25) is 0 Å². The lowest BCUT2D eigenvalue weighted by Crippen LogP contribution is -2.00. The van der Waals surface area contributed by atoms with Crippen molar-refractivity contribution in [2.24, 2.45) is 0 Å². The Hall–Kier alpha value is -6.85. The van der Waals surface area contributed by atoms with Gasteiger partial charge in [-0.05, 0) is 59.7 Å². The average molecular weight is 641 g/mol. The lowest BCUT2D eigenvalue weighted by atomic mass is 9.99. The minimum Gasteiger partial charge on any atom is -0.456 e. The maximum Gasteiger partial charge on any atom is 0.164 e. The van der Waals surface area contributed by atoms with Gasteiger partial charge in [-0.25, -0.2) is 15.0 Å². The Morgan fingerprint density at radius 3 is 1.68 bits per heavy atom. The quantitative estimate of drug-likeness (QED) is 0.188. The molecule has 5 nitrogen and oxygen atoms in total. The molecule has 0 amide bonds. The molecule has 0 bridgehead atoms. The van der Waals surface area contributed by atoms with Gasteiger partial charge in [-0.1, -0.05) is 121 Å². The van der Waals surface area contributed by atoms with Gasteiger partial charge in [0.2, 0.25) is 0 Å². The van der Waals surface area contributed by atoms with Gasteiger partial charge in [-0.2, -0.15) is 0 Å². The van der Waals surface area contributed by atoms with E-state index in [1.165, 1.54) is 0 Å². The highest BCUT2D eigenvalue weighted by molar-refractivity contribution is 6.16. The normalized spacial score (nSPS) is 11.6. The first kappa shape index (κ1) is 28.2. The lowest BCUT2D eigenvalue weighted by Gasteiger charge is -2.10. The van der Waals surface area contributed by atoms with Crippen molar-refractivity contribution in [3.8, 4) is 51.0 Å². The van der Waals surface area contributed by atoms with Crippen molar-refractivity contribution in [2.75, 3.05) is 0 Å². The van der Waals surface area contributed by atoms with Crippen LogP contribution in [0.5, 0.6) is 0 Å². The van der Waals surface area contributed by atoms with Gasteiger partial charge in [-0.15, -0.1) is 0 Å². The SMILES string of the molecule is c1ccc(-c2nc(-c3ccccc3)nc(-c3cccc4c3c3cc(-c5ccc6oc7ccccc7c6c5)ccc3n4-c3ccccc3)n2)cc1. The van der Waals surface area contributed by atoms with Crippen molar-refractivity contribution in [1.82, 2.24) is 19.5 Å². The Kier molecular flexibility index (Phi) is 6.42. The van der Waals surface area contributed by atoms with Crippen molar-refractivity contribution < 1.29 is 4.42 Å². The van der Waals surface area contributed by atoms with E-state index >= 15 is 0 Å². The maximum atomic E-state index is 6.15. The number of hydrogen-bond donors (Lipinski definition) is 0. The van der Waals surface area contributed by atoms with Crippen LogP contribution in [-0.4, -0.2) is 19.5 Å². The fourth-order valence-corrected chi connectivity index (χ4v) is 7.13. The molecule has 0 saturated heterocycles. The van der Waals surface area contributed by atoms with Crippen molar-refractivity contribution in [3.05, 3.63) is 170 Å². The third-order valence-corrected chi connectivity index (χ3v) is 9.45. The first-order valence-corrected chi connectivity index (χ1v) is 16.7. The Morgan fingerprint density at radius 2 is 0.960 bits per heavy atom. The summed E-state index contributed by atoms with van der Waals surface area (Å²) < 4.78 is 8.48. The third-order valence-electron chi connectivity index (χ3n) is 9.45. The van der Waals surface area contributed by atoms with Crippen LogP contribution in [0.25, 0.3) is 94.7 Å². The average Bonchev–Trinajstić information content (AvgIpc) is 3.74. The van der Waals surface area contributed by atoms with Gasteiger partial charge in [0, 0.05) is 43.9 Å². The maximum absolute atomic E-state index is 6.15. The van der Waals surface area contributed by atoms with E-state index in [9.17, 15) is 0 Å². The van der Waals surface area contributed by atoms with E-state index in [1.807, 2.05) is 72.8 Å². The van der Waals surface area contributed by atoms with E-state index in [0.717, 1.165) is 77.2 Å². The topological polar surface area (TPSA) is 56.7 Å². The number of nitrogens with zero attached hydrogens (tertiary/aromatic N) is 4. The molecule has 0 atom stereocenters. The van der Waals surface area contributed by atoms with E-state index in [1.54, 1.807) is 0 Å². The molecule has 0 saturated carbocycles. The molecule has 50 heavy (non-hydrogen) atoms. The van der Waals surface area contributed by atoms with Crippen LogP contribution in [0.15, 0.2) is 174 Å². The summed E-state index contributed by atoms with van der Waals surface area (Å²) in [5, 5.41) is 4.44. The zero-order chi connectivity index (χ0) is 33.0. The van der Waals surface area contributed by atoms with Gasteiger partial charge >= 0.3 is 0 Å². The van der Waals surface area contributed by atoms with Crippen LogP contribution in [0.3, 0.4) is 0 Å². The summed E-state index contributed by atoms with van der Waals surface area (Å²) in [6, 6.07) is 58.6. The molecule has 0 unspecified atom stereocenters. The third kappa shape index (κ3) is 4.60. The van der Waals surface area contributed by atoms with E-state index in [0.29, 0.717) is 17.5 Å². The molecule has 10 rings (SSSR count). The molecule has 0 radical (unpaired) electrons. The predicted octanol–water partition coefficient (Wildman–Crippen LogP) is 11.5. The minimum atomic E-state index is 0.632. The molecule has 0 fully saturated rings. The highest BCUT2D eigenvalue weighted by atomic mass is 16.3. The van der Waals surface area contributed by atoms with Crippen LogP contribution >= 0.6 is 0 Å². The van der Waals surface area contributed by atoms with E-state index in [2.05, 4.69) is 102 Å². The van der Waals surface area contributed by atoms with Gasteiger partial charge < -0.3 is 8.98 Å². The predicted molar refractivity (Wildman–Crippen MR) is 203 cm³/mol. The molecule has 5 heteroatoms. The van der Waals surface area contributed by atoms with Gasteiger partial charge in [0.05, 0.1) is 11.0 Å². The molecular formula is C45H28N4O. The zero-order valence-corrected chi connectivity index (χ0v) is 26.9. The number of benzene rings is 7. The molecular weight excluding hydrogens is 613 g/mol. The van der Waals surface area contributed by atoms with Crippen molar-refractivity contribution in [1.29, 1.82) is 0 Å². The molecule has 0 N–H and O–H groups in total. The van der Waals surface area contributed by atoms with Crippen LogP contribution in [0.4, 0.5) is 0 Å². The first-order chi connectivity index (χ1) is 24.8. The Balaban J connectivity index is 1.25. The van der Waals surface area contributed by atoms with E-state index in [-0.39, 0.29) is 0 Å². The van der Waals surface area contributed by atoms with E-state index in [4.69, 9.17) is 19.4 Å². The summed E-state index contributed by atoms with van der Waals surface area (Å²) in [6.07, 6.45) is 0. The van der Waals surface area contributed by atoms with E-state index < -0.39 is 0 Å². The second-order valence-corrected chi connectivity index (χ2v) is 12.5. The van der Waals surface area contributed by atoms with Crippen molar-refractivity contribution in [2.45, 2.75) is 0 Å². The van der Waals surface area contributed by atoms with Crippen LogP contribution < -0.4 is 0 Å². The molecule has 3 aromatic heterocycles. The highest BCUT2D eigenvalue weighted by Crippen LogP contribution is 2.41. The summed E-state index contributed by atoms with van der Waals surface area (Å²) in [5.41, 5.74) is 10.2. The molecule has 10 aromatic rings. The first-order valence-electron chi connectivity index (χ1n) is 16.7. The number of para-hydroxylation sites is 2. The number of furan rings is 1. The second-order valence-electron chi connectivity index (χ2n) is 12.5. The number of rotatable bonds is 5. The fraction of sp³-hybridized carbons (Fsp3) is 0. The summed E-state index contributed by atoms with van der Waals surface area (Å²) >= 11 is 0. The number of aromatic nitrogens is 4. The lowest BCUT2D eigenvalue weighted by molar-refractivity contribution is 0.669. The van der Waals surface area contributed by atoms with Gasteiger partial charge in [0.25, 0.3) is 0 Å². The number of hydrogen-bond acceptors (Lipinski definition) is 4. The molecule has 0 aliphatic carbocycles. The summed E-state index contributed by atoms with van der Waals surface area (Å²) in [6.45, 7) is 0. The molecule has 7 aromatic carbocycles. The van der Waals surface area contributed by atoms with Gasteiger partial charge in [0.1, 0.15) is 11.2 Å². The largest absolute Gasteiger partial charge is 0.456 e. The Bertz CT molecular complexity index is 2800. The van der Waals surface area contributed by atoms with Gasteiger partial charge in [0.15, 0.2) is 17.5 Å². The molecule has 0 aliphatic rings. The van der Waals surface area contributed by atoms with Gasteiger partial charge in [-0.3, -0.25) is 0 Å². The monoisotopic (exact) mass is 640 g/mol. The Labute approximate surface area is 287 Å². The smallest absolute Gasteiger partial charge is 0.164 e. The number of fused-ring (bicyclic) bond motifs is 6. The van der Waals surface area contributed by atoms with Crippen molar-refractivity contribution >= 4 is 43.7 Å². The van der Waals surface area contributed by atoms with Crippen LogP contribution in [0.1, 0.15) is 0 Å². The van der Waals surface area contributed by atoms with Crippen LogP contribution in [-0.2, 0) is 0 Å².